The smallest absolute Gasteiger partial charge is 0.257 e. The molecule has 1 amide bonds. The van der Waals surface area contributed by atoms with Gasteiger partial charge in [-0.2, -0.15) is 0 Å². The lowest BCUT2D eigenvalue weighted by molar-refractivity contribution is -0.127. The highest BCUT2D eigenvalue weighted by Gasteiger charge is 2.33. The van der Waals surface area contributed by atoms with Crippen LogP contribution >= 0.6 is 0 Å². The van der Waals surface area contributed by atoms with E-state index in [1.807, 2.05) is 0 Å². The molecule has 0 saturated carbocycles. The highest BCUT2D eigenvalue weighted by atomic mass is 32.2. The van der Waals surface area contributed by atoms with Gasteiger partial charge in [-0.25, -0.2) is 8.42 Å². The summed E-state index contributed by atoms with van der Waals surface area (Å²) < 4.78 is 27.2. The average molecular weight is 310 g/mol. The molecule has 1 unspecified atom stereocenters. The van der Waals surface area contributed by atoms with Gasteiger partial charge in [-0.3, -0.25) is 4.79 Å². The van der Waals surface area contributed by atoms with E-state index in [9.17, 15) is 13.2 Å². The minimum atomic E-state index is -3.48. The fourth-order valence-electron chi connectivity index (χ4n) is 2.71. The zero-order valence-corrected chi connectivity index (χ0v) is 12.6. The molecule has 3 rings (SSSR count). The number of nitrogens with one attached hydrogen (secondary N) is 1. The second-order valence-corrected chi connectivity index (χ2v) is 7.13. The predicted octanol–water partition coefficient (Wildman–Crippen LogP) is -0.696. The van der Waals surface area contributed by atoms with E-state index in [1.165, 1.54) is 0 Å². The summed E-state index contributed by atoms with van der Waals surface area (Å²) in [5.41, 5.74) is 0.343. The van der Waals surface area contributed by atoms with Crippen molar-refractivity contribution < 1.29 is 13.2 Å². The van der Waals surface area contributed by atoms with E-state index in [0.717, 1.165) is 19.5 Å². The van der Waals surface area contributed by atoms with Crippen LogP contribution in [0.15, 0.2) is 28.3 Å². The van der Waals surface area contributed by atoms with E-state index in [-0.39, 0.29) is 23.5 Å². The van der Waals surface area contributed by atoms with Crippen LogP contribution in [-0.4, -0.2) is 68.4 Å². The van der Waals surface area contributed by atoms with Gasteiger partial charge in [0.25, 0.3) is 15.9 Å². The third-order valence-electron chi connectivity index (χ3n) is 3.99. The molecule has 7 nitrogen and oxygen atoms in total. The van der Waals surface area contributed by atoms with Crippen molar-refractivity contribution in [2.75, 3.05) is 32.4 Å². The van der Waals surface area contributed by atoms with Crippen molar-refractivity contribution in [2.24, 2.45) is 4.40 Å². The molecule has 0 spiro atoms. The fourth-order valence-corrected chi connectivity index (χ4v) is 3.69. The summed E-state index contributed by atoms with van der Waals surface area (Å²) in [6.45, 7) is 1.99. The van der Waals surface area contributed by atoms with Crippen molar-refractivity contribution in [3.8, 4) is 0 Å². The van der Waals surface area contributed by atoms with Gasteiger partial charge in [0.05, 0.1) is 11.3 Å². The highest BCUT2D eigenvalue weighted by molar-refractivity contribution is 7.90. The van der Waals surface area contributed by atoms with Gasteiger partial charge in [0.15, 0.2) is 5.84 Å². The first-order chi connectivity index (χ1) is 9.98. The molecule has 0 aromatic rings. The zero-order valence-electron chi connectivity index (χ0n) is 11.8. The topological polar surface area (TPSA) is 82.1 Å². The van der Waals surface area contributed by atoms with E-state index < -0.39 is 10.0 Å². The quantitative estimate of drug-likeness (QED) is 0.730. The van der Waals surface area contributed by atoms with E-state index in [4.69, 9.17) is 0 Å². The number of hydrogen-bond donors (Lipinski definition) is 1. The van der Waals surface area contributed by atoms with Gasteiger partial charge in [0.1, 0.15) is 0 Å². The van der Waals surface area contributed by atoms with Crippen LogP contribution in [0, 0.1) is 0 Å². The lowest BCUT2D eigenvalue weighted by Gasteiger charge is -2.31. The van der Waals surface area contributed by atoms with Crippen molar-refractivity contribution in [1.29, 1.82) is 0 Å². The molecule has 0 aromatic heterocycles. The third-order valence-corrected chi connectivity index (χ3v) is 5.14. The normalized spacial score (nSPS) is 26.9. The summed E-state index contributed by atoms with van der Waals surface area (Å²) in [7, 11) is -1.72. The molecular formula is C13H18N4O3S. The summed E-state index contributed by atoms with van der Waals surface area (Å²) in [6, 6.07) is 0.138. The summed E-state index contributed by atoms with van der Waals surface area (Å²) in [5.74, 6) is 0.0329. The van der Waals surface area contributed by atoms with E-state index in [2.05, 4.69) is 9.71 Å². The molecule has 1 saturated heterocycles. The van der Waals surface area contributed by atoms with Crippen molar-refractivity contribution >= 4 is 21.8 Å². The second-order valence-electron chi connectivity index (χ2n) is 5.38. The molecule has 114 valence electrons. The number of carbonyl (C=O) groups is 1. The Morgan fingerprint density at radius 1 is 1.52 bits per heavy atom. The predicted molar refractivity (Wildman–Crippen MR) is 79.2 cm³/mol. The molecule has 0 radical (unpaired) electrons. The molecule has 3 aliphatic heterocycles. The van der Waals surface area contributed by atoms with Crippen LogP contribution in [0.4, 0.5) is 0 Å². The molecule has 21 heavy (non-hydrogen) atoms. The molecule has 1 N–H and O–H groups in total. The number of rotatable bonds is 2. The van der Waals surface area contributed by atoms with E-state index in [0.29, 0.717) is 12.1 Å². The molecular weight excluding hydrogens is 292 g/mol. The monoisotopic (exact) mass is 310 g/mol. The van der Waals surface area contributed by atoms with Gasteiger partial charge in [-0.15, -0.1) is 4.40 Å². The maximum atomic E-state index is 12.6. The van der Waals surface area contributed by atoms with E-state index in [1.54, 1.807) is 35.2 Å². The second kappa shape index (κ2) is 5.27. The Kier molecular flexibility index (Phi) is 3.58. The number of allylic oxidation sites excluding steroid dienone is 2. The largest absolute Gasteiger partial charge is 0.337 e. The van der Waals surface area contributed by atoms with Crippen molar-refractivity contribution in [1.82, 2.24) is 15.1 Å². The van der Waals surface area contributed by atoms with Gasteiger partial charge >= 0.3 is 0 Å². The van der Waals surface area contributed by atoms with Gasteiger partial charge in [0.2, 0.25) is 0 Å². The maximum Gasteiger partial charge on any atom is 0.257 e. The van der Waals surface area contributed by atoms with Crippen LogP contribution < -0.4 is 5.32 Å². The van der Waals surface area contributed by atoms with E-state index >= 15 is 0 Å². The lowest BCUT2D eigenvalue weighted by atomic mass is 10.1. The van der Waals surface area contributed by atoms with Crippen LogP contribution in [0.25, 0.3) is 0 Å². The summed E-state index contributed by atoms with van der Waals surface area (Å²) >= 11 is 0. The number of carbonyl (C=O) groups excluding carboxylic acids is 1. The Hall–Kier alpha value is -1.67. The molecule has 0 aliphatic carbocycles. The number of nitrogens with zero attached hydrogens (tertiary/aromatic N) is 3. The minimum absolute atomic E-state index is 0.0231. The van der Waals surface area contributed by atoms with Crippen LogP contribution in [0.1, 0.15) is 6.42 Å². The molecule has 3 heterocycles. The van der Waals surface area contributed by atoms with Gasteiger partial charge in [0, 0.05) is 32.4 Å². The van der Waals surface area contributed by atoms with Crippen molar-refractivity contribution in [3.63, 3.8) is 0 Å². The first-order valence-electron chi connectivity index (χ1n) is 6.94. The Morgan fingerprint density at radius 2 is 2.33 bits per heavy atom. The van der Waals surface area contributed by atoms with Crippen LogP contribution in [0.2, 0.25) is 0 Å². The SMILES string of the molecule is CN(C(=O)C1=CC=CN2CCS(=O)(=O)N=C12)C1CCNC1. The zero-order chi connectivity index (χ0) is 15.0. The number of hydrogen-bond acceptors (Lipinski definition) is 5. The Bertz CT molecular complexity index is 644. The Morgan fingerprint density at radius 3 is 3.05 bits per heavy atom. The maximum absolute atomic E-state index is 12.6. The van der Waals surface area contributed by atoms with Gasteiger partial charge in [-0.05, 0) is 25.1 Å². The number of sulfonamides is 1. The van der Waals surface area contributed by atoms with Crippen molar-refractivity contribution in [2.45, 2.75) is 12.5 Å². The molecule has 3 aliphatic rings. The Balaban J connectivity index is 1.89. The summed E-state index contributed by atoms with van der Waals surface area (Å²) in [4.78, 5) is 16.0. The molecule has 0 aromatic carbocycles. The summed E-state index contributed by atoms with van der Waals surface area (Å²) in [5, 5.41) is 3.22. The lowest BCUT2D eigenvalue weighted by Crippen LogP contribution is -2.45. The standard InChI is InChI=1S/C13H18N4O3S/c1-16(10-4-5-14-9-10)13(18)11-3-2-6-17-7-8-21(19,20)15-12(11)17/h2-3,6,10,14H,4-5,7-9H2,1H3. The fraction of sp³-hybridized carbons (Fsp3) is 0.538. The number of amides is 1. The first-order valence-corrected chi connectivity index (χ1v) is 8.55. The Labute approximate surface area is 124 Å². The molecule has 8 heteroatoms. The number of fused-ring (bicyclic) bond motifs is 1. The minimum Gasteiger partial charge on any atom is -0.337 e. The molecule has 1 fully saturated rings. The third kappa shape index (κ3) is 2.73. The van der Waals surface area contributed by atoms with Gasteiger partial charge in [-0.1, -0.05) is 0 Å². The van der Waals surface area contributed by atoms with Crippen LogP contribution in [-0.2, 0) is 14.8 Å². The molecule has 0 bridgehead atoms. The van der Waals surface area contributed by atoms with Gasteiger partial charge < -0.3 is 15.1 Å². The average Bonchev–Trinajstić information content (AvgIpc) is 2.98. The number of amidine groups is 1. The van der Waals surface area contributed by atoms with Crippen LogP contribution in [0.3, 0.4) is 0 Å². The number of likely N-dealkylation sites (N-methyl/N-ethyl adjacent to an activating group) is 1. The van der Waals surface area contributed by atoms with Crippen LogP contribution in [0.5, 0.6) is 0 Å². The summed E-state index contributed by atoms with van der Waals surface area (Å²) in [6.07, 6.45) is 6.05. The molecule has 1 atom stereocenters. The van der Waals surface area contributed by atoms with Crippen molar-refractivity contribution in [3.05, 3.63) is 23.9 Å². The highest BCUT2D eigenvalue weighted by Crippen LogP contribution is 2.20. The first kappa shape index (κ1) is 14.3.